The third-order valence-corrected chi connectivity index (χ3v) is 6.32. The number of nitrogen functional groups attached to an aromatic ring is 1. The van der Waals surface area contributed by atoms with Gasteiger partial charge >= 0.3 is 12.0 Å². The number of urea groups is 1. The molecule has 3 aromatic rings. The molecular weight excluding hydrogens is 501 g/mol. The highest BCUT2D eigenvalue weighted by molar-refractivity contribution is 6.30. The number of aryl methyl sites for hydroxylation is 1. The van der Waals surface area contributed by atoms with Crippen LogP contribution in [-0.2, 0) is 22.6 Å². The van der Waals surface area contributed by atoms with E-state index in [1.54, 1.807) is 24.3 Å². The van der Waals surface area contributed by atoms with Gasteiger partial charge < -0.3 is 30.6 Å². The Bertz CT molecular complexity index is 1410. The van der Waals surface area contributed by atoms with Crippen LogP contribution in [-0.4, -0.2) is 18.8 Å². The zero-order valence-corrected chi connectivity index (χ0v) is 20.3. The average molecular weight is 524 g/mol. The second-order valence-electron chi connectivity index (χ2n) is 8.60. The highest BCUT2D eigenvalue weighted by atomic mass is 35.5. The molecule has 190 valence electrons. The molecular formula is C27H23ClFN3O5. The fraction of sp³-hybridized carbons (Fsp3) is 0.185. The largest absolute Gasteiger partial charge is 0.457 e. The molecule has 2 aliphatic rings. The van der Waals surface area contributed by atoms with Gasteiger partial charge in [0.25, 0.3) is 0 Å². The number of carbonyl (C=O) groups is 2. The van der Waals surface area contributed by atoms with Crippen LogP contribution in [0.15, 0.2) is 71.9 Å². The third kappa shape index (κ3) is 5.46. The lowest BCUT2D eigenvalue weighted by Crippen LogP contribution is -2.46. The van der Waals surface area contributed by atoms with Crippen molar-refractivity contribution in [1.82, 2.24) is 10.6 Å². The summed E-state index contributed by atoms with van der Waals surface area (Å²) in [5.74, 6) is 0.130. The van der Waals surface area contributed by atoms with Crippen LogP contribution in [0.4, 0.5) is 14.9 Å². The van der Waals surface area contributed by atoms with Gasteiger partial charge in [-0.25, -0.2) is 14.0 Å². The molecule has 0 saturated carbocycles. The molecule has 8 nitrogen and oxygen atoms in total. The van der Waals surface area contributed by atoms with Crippen LogP contribution in [0.3, 0.4) is 0 Å². The maximum atomic E-state index is 13.5. The molecule has 0 aromatic heterocycles. The zero-order valence-electron chi connectivity index (χ0n) is 19.6. The Labute approximate surface area is 217 Å². The molecule has 4 N–H and O–H groups in total. The molecule has 3 aromatic carbocycles. The first-order valence-corrected chi connectivity index (χ1v) is 11.9. The van der Waals surface area contributed by atoms with Gasteiger partial charge in [0, 0.05) is 10.7 Å². The van der Waals surface area contributed by atoms with E-state index >= 15 is 0 Å². The van der Waals surface area contributed by atoms with Crippen molar-refractivity contribution in [3.63, 3.8) is 0 Å². The van der Waals surface area contributed by atoms with E-state index in [-0.39, 0.29) is 24.7 Å². The summed E-state index contributed by atoms with van der Waals surface area (Å²) in [6.07, 6.45) is 0.859. The number of benzene rings is 3. The zero-order chi connectivity index (χ0) is 25.9. The molecule has 0 bridgehead atoms. The Morgan fingerprint density at radius 3 is 2.68 bits per heavy atom. The second kappa shape index (κ2) is 10.4. The van der Waals surface area contributed by atoms with Gasteiger partial charge in [-0.05, 0) is 65.9 Å². The molecule has 0 aliphatic carbocycles. The van der Waals surface area contributed by atoms with Crippen LogP contribution in [0.1, 0.15) is 29.2 Å². The smallest absolute Gasteiger partial charge is 0.338 e. The van der Waals surface area contributed by atoms with E-state index in [0.29, 0.717) is 46.2 Å². The summed E-state index contributed by atoms with van der Waals surface area (Å²) in [6.45, 7) is 0.0428. The Balaban J connectivity index is 1.44. The number of nitrogens with two attached hydrogens (primary N) is 1. The fourth-order valence-corrected chi connectivity index (χ4v) is 4.47. The van der Waals surface area contributed by atoms with Crippen molar-refractivity contribution >= 4 is 29.3 Å². The minimum atomic E-state index is -0.787. The number of nitrogens with one attached hydrogen (secondary N) is 2. The van der Waals surface area contributed by atoms with E-state index in [1.807, 2.05) is 18.2 Å². The predicted molar refractivity (Wildman–Crippen MR) is 134 cm³/mol. The molecule has 0 spiro atoms. The van der Waals surface area contributed by atoms with Crippen LogP contribution in [0.5, 0.6) is 11.5 Å². The number of hydrogen-bond donors (Lipinski definition) is 3. The number of amides is 2. The van der Waals surface area contributed by atoms with Crippen LogP contribution < -0.4 is 25.8 Å². The van der Waals surface area contributed by atoms with E-state index in [2.05, 4.69) is 10.6 Å². The molecule has 2 amide bonds. The molecule has 5 rings (SSSR count). The lowest BCUT2D eigenvalue weighted by molar-refractivity contribution is -0.140. The number of fused-ring (bicyclic) bond motifs is 1. The molecule has 2 heterocycles. The van der Waals surface area contributed by atoms with Crippen LogP contribution in [0.25, 0.3) is 0 Å². The summed E-state index contributed by atoms with van der Waals surface area (Å²) in [7, 11) is 0. The fourth-order valence-electron chi connectivity index (χ4n) is 4.27. The van der Waals surface area contributed by atoms with Gasteiger partial charge in [0.1, 0.15) is 12.4 Å². The van der Waals surface area contributed by atoms with Crippen molar-refractivity contribution in [2.45, 2.75) is 25.5 Å². The van der Waals surface area contributed by atoms with Crippen molar-refractivity contribution in [3.8, 4) is 11.5 Å². The third-order valence-electron chi connectivity index (χ3n) is 6.09. The number of allylic oxidation sites excluding steroid dienone is 1. The molecule has 2 aliphatic heterocycles. The first kappa shape index (κ1) is 24.5. The van der Waals surface area contributed by atoms with Crippen molar-refractivity contribution in [2.24, 2.45) is 0 Å². The molecule has 37 heavy (non-hydrogen) atoms. The molecule has 0 radical (unpaired) electrons. The number of ether oxygens (including phenoxy) is 3. The van der Waals surface area contributed by atoms with Gasteiger partial charge in [-0.1, -0.05) is 35.9 Å². The van der Waals surface area contributed by atoms with E-state index in [1.165, 1.54) is 18.2 Å². The lowest BCUT2D eigenvalue weighted by atomic mass is 9.93. The van der Waals surface area contributed by atoms with E-state index in [4.69, 9.17) is 31.5 Å². The number of hydrogen-bond acceptors (Lipinski definition) is 6. The molecule has 0 fully saturated rings. The Morgan fingerprint density at radius 2 is 1.86 bits per heavy atom. The van der Waals surface area contributed by atoms with Crippen molar-refractivity contribution in [1.29, 1.82) is 0 Å². The maximum Gasteiger partial charge on any atom is 0.338 e. The number of esters is 1. The summed E-state index contributed by atoms with van der Waals surface area (Å²) in [5.41, 5.74) is 8.37. The number of anilines is 1. The molecule has 1 unspecified atom stereocenters. The van der Waals surface area contributed by atoms with Crippen LogP contribution in [0, 0.1) is 5.82 Å². The first-order chi connectivity index (χ1) is 17.9. The van der Waals surface area contributed by atoms with Gasteiger partial charge in [0.05, 0.1) is 17.3 Å². The summed E-state index contributed by atoms with van der Waals surface area (Å²) < 4.78 is 29.9. The lowest BCUT2D eigenvalue weighted by Gasteiger charge is -2.29. The minimum Gasteiger partial charge on any atom is -0.457 e. The standard InChI is InChI=1S/C27H23ClFN3O5/c28-18-3-1-2-17(12-18)25-24(26(33)35-13-16-4-7-19(29)20(30)10-16)21(31-27(34)32-25)8-5-15-6-9-22-23(11-15)37-14-36-22/h1-4,6-7,9-12,25H,5,8,13-14,30H2,(H2,31,32,34). The van der Waals surface area contributed by atoms with Crippen molar-refractivity contribution in [3.05, 3.63) is 99.5 Å². The van der Waals surface area contributed by atoms with Crippen molar-refractivity contribution in [2.75, 3.05) is 12.5 Å². The highest BCUT2D eigenvalue weighted by Crippen LogP contribution is 2.34. The van der Waals surface area contributed by atoms with Gasteiger partial charge in [-0.2, -0.15) is 0 Å². The van der Waals surface area contributed by atoms with Gasteiger partial charge in [0.15, 0.2) is 11.5 Å². The van der Waals surface area contributed by atoms with Crippen LogP contribution in [0.2, 0.25) is 5.02 Å². The van der Waals surface area contributed by atoms with E-state index in [0.717, 1.165) is 5.56 Å². The van der Waals surface area contributed by atoms with Crippen LogP contribution >= 0.6 is 11.6 Å². The molecule has 1 atom stereocenters. The summed E-state index contributed by atoms with van der Waals surface area (Å²) >= 11 is 6.20. The normalized spacial score (nSPS) is 16.3. The second-order valence-corrected chi connectivity index (χ2v) is 9.03. The number of halogens is 2. The topological polar surface area (TPSA) is 112 Å². The van der Waals surface area contributed by atoms with Gasteiger partial charge in [-0.15, -0.1) is 0 Å². The summed E-state index contributed by atoms with van der Waals surface area (Å²) in [6, 6.07) is 15.4. The predicted octanol–water partition coefficient (Wildman–Crippen LogP) is 4.77. The Morgan fingerprint density at radius 1 is 1.05 bits per heavy atom. The van der Waals surface area contributed by atoms with Gasteiger partial charge in [0.2, 0.25) is 6.79 Å². The van der Waals surface area contributed by atoms with Crippen molar-refractivity contribution < 1.29 is 28.2 Å². The monoisotopic (exact) mass is 523 g/mol. The van der Waals surface area contributed by atoms with Gasteiger partial charge in [-0.3, -0.25) is 0 Å². The van der Waals surface area contributed by atoms with E-state index in [9.17, 15) is 14.0 Å². The Hall–Kier alpha value is -4.24. The van der Waals surface area contributed by atoms with E-state index < -0.39 is 23.9 Å². The SMILES string of the molecule is Nc1cc(COC(=O)C2=C(CCc3ccc4c(c3)OCO4)NC(=O)NC2c2cccc(Cl)c2)ccc1F. The number of carbonyl (C=O) groups excluding carboxylic acids is 2. The average Bonchev–Trinajstić information content (AvgIpc) is 3.35. The molecule has 10 heteroatoms. The molecule has 0 saturated heterocycles. The quantitative estimate of drug-likeness (QED) is 0.304. The summed E-state index contributed by atoms with van der Waals surface area (Å²) in [4.78, 5) is 26.0. The Kier molecular flexibility index (Phi) is 6.87. The summed E-state index contributed by atoms with van der Waals surface area (Å²) in [5, 5.41) is 6.02. The first-order valence-electron chi connectivity index (χ1n) is 11.5. The maximum absolute atomic E-state index is 13.5. The number of rotatable bonds is 7. The minimum absolute atomic E-state index is 0.0411. The highest BCUT2D eigenvalue weighted by Gasteiger charge is 2.34.